The molecule has 1 aliphatic heterocycles. The van der Waals surface area contributed by atoms with Crippen LogP contribution >= 0.6 is 0 Å². The average molecular weight is 233 g/mol. The van der Waals surface area contributed by atoms with Crippen LogP contribution < -0.4 is 0 Å². The van der Waals surface area contributed by atoms with Crippen molar-refractivity contribution in [3.8, 4) is 0 Å². The van der Waals surface area contributed by atoms with E-state index in [9.17, 15) is 8.78 Å². The van der Waals surface area contributed by atoms with Crippen LogP contribution in [-0.2, 0) is 0 Å². The van der Waals surface area contributed by atoms with Crippen LogP contribution in [0, 0.1) is 11.6 Å². The van der Waals surface area contributed by atoms with E-state index in [0.717, 1.165) is 11.3 Å². The van der Waals surface area contributed by atoms with Crippen molar-refractivity contribution in [2.45, 2.75) is 6.92 Å². The smallest absolute Gasteiger partial charge is 0.135 e. The van der Waals surface area contributed by atoms with E-state index in [0.29, 0.717) is 5.70 Å². The van der Waals surface area contributed by atoms with Gasteiger partial charge in [-0.25, -0.2) is 8.78 Å². The molecule has 88 valence electrons. The van der Waals surface area contributed by atoms with E-state index in [2.05, 4.69) is 6.58 Å². The minimum Gasteiger partial charge on any atom is -0.344 e. The van der Waals surface area contributed by atoms with Crippen LogP contribution in [0.1, 0.15) is 12.5 Å². The first-order chi connectivity index (χ1) is 8.02. The summed E-state index contributed by atoms with van der Waals surface area (Å²) in [6.45, 7) is 5.79. The quantitative estimate of drug-likeness (QED) is 0.714. The van der Waals surface area contributed by atoms with E-state index in [1.165, 1.54) is 18.2 Å². The molecule has 0 fully saturated rings. The van der Waals surface area contributed by atoms with E-state index >= 15 is 0 Å². The summed E-state index contributed by atoms with van der Waals surface area (Å²) < 4.78 is 27.3. The molecule has 0 saturated heterocycles. The zero-order valence-electron chi connectivity index (χ0n) is 9.80. The summed E-state index contributed by atoms with van der Waals surface area (Å²) in [7, 11) is 1.75. The second-order valence-electron chi connectivity index (χ2n) is 4.00. The minimum absolute atomic E-state index is 0.0140. The molecule has 1 aliphatic rings. The van der Waals surface area contributed by atoms with Crippen LogP contribution in [0.15, 0.2) is 48.2 Å². The molecule has 1 aromatic rings. The maximum Gasteiger partial charge on any atom is 0.135 e. The molecule has 0 radical (unpaired) electrons. The van der Waals surface area contributed by atoms with Crippen LogP contribution in [0.3, 0.4) is 0 Å². The molecule has 1 heterocycles. The van der Waals surface area contributed by atoms with Crippen LogP contribution in [0.25, 0.3) is 5.70 Å². The monoisotopic (exact) mass is 233 g/mol. The number of hydrogen-bond acceptors (Lipinski definition) is 1. The number of allylic oxidation sites excluding steroid dienone is 3. The number of rotatable bonds is 1. The second kappa shape index (κ2) is 4.17. The zero-order chi connectivity index (χ0) is 12.6. The summed E-state index contributed by atoms with van der Waals surface area (Å²) >= 11 is 0. The SMILES string of the molecule is C=C1C(C)=CC=C(c2c(F)cccc2F)N1C. The molecule has 1 nitrogen and oxygen atoms in total. The van der Waals surface area contributed by atoms with Crippen LogP contribution in [0.5, 0.6) is 0 Å². The number of likely N-dealkylation sites (N-methyl/N-ethyl adjacent to an activating group) is 1. The summed E-state index contributed by atoms with van der Waals surface area (Å²) in [4.78, 5) is 1.69. The summed E-state index contributed by atoms with van der Waals surface area (Å²) in [5, 5.41) is 0. The Morgan fingerprint density at radius 1 is 1.12 bits per heavy atom. The van der Waals surface area contributed by atoms with Gasteiger partial charge in [0.2, 0.25) is 0 Å². The van der Waals surface area contributed by atoms with Gasteiger partial charge in [-0.2, -0.15) is 0 Å². The molecule has 0 spiro atoms. The fourth-order valence-corrected chi connectivity index (χ4v) is 1.82. The second-order valence-corrected chi connectivity index (χ2v) is 4.00. The van der Waals surface area contributed by atoms with Crippen molar-refractivity contribution in [2.24, 2.45) is 0 Å². The van der Waals surface area contributed by atoms with E-state index < -0.39 is 11.6 Å². The number of hydrogen-bond donors (Lipinski definition) is 0. The highest BCUT2D eigenvalue weighted by Crippen LogP contribution is 2.31. The minimum atomic E-state index is -0.566. The van der Waals surface area contributed by atoms with Gasteiger partial charge in [-0.1, -0.05) is 18.7 Å². The van der Waals surface area contributed by atoms with Crippen LogP contribution in [0.4, 0.5) is 8.78 Å². The van der Waals surface area contributed by atoms with Gasteiger partial charge in [0.1, 0.15) is 11.6 Å². The van der Waals surface area contributed by atoms with Crippen molar-refractivity contribution >= 4 is 5.70 Å². The van der Waals surface area contributed by atoms with Crippen molar-refractivity contribution in [1.29, 1.82) is 0 Å². The summed E-state index contributed by atoms with van der Waals surface area (Å²) in [5.41, 5.74) is 2.19. The van der Waals surface area contributed by atoms with Crippen molar-refractivity contribution in [3.05, 3.63) is 65.4 Å². The Morgan fingerprint density at radius 2 is 1.71 bits per heavy atom. The molecule has 0 aliphatic carbocycles. The summed E-state index contributed by atoms with van der Waals surface area (Å²) in [5.74, 6) is -1.13. The lowest BCUT2D eigenvalue weighted by Crippen LogP contribution is -2.20. The molecule has 0 N–H and O–H groups in total. The fourth-order valence-electron chi connectivity index (χ4n) is 1.82. The molecule has 1 aromatic carbocycles. The third-order valence-corrected chi connectivity index (χ3v) is 2.93. The van der Waals surface area contributed by atoms with E-state index in [4.69, 9.17) is 0 Å². The van der Waals surface area contributed by atoms with Crippen molar-refractivity contribution in [1.82, 2.24) is 4.90 Å². The normalized spacial score (nSPS) is 15.8. The first-order valence-corrected chi connectivity index (χ1v) is 5.28. The molecule has 0 amide bonds. The van der Waals surface area contributed by atoms with Crippen molar-refractivity contribution < 1.29 is 8.78 Å². The molecule has 0 atom stereocenters. The third-order valence-electron chi connectivity index (χ3n) is 2.93. The van der Waals surface area contributed by atoms with Gasteiger partial charge in [0.15, 0.2) is 0 Å². The highest BCUT2D eigenvalue weighted by Gasteiger charge is 2.20. The van der Waals surface area contributed by atoms with Crippen molar-refractivity contribution in [3.63, 3.8) is 0 Å². The Kier molecular flexibility index (Phi) is 2.84. The lowest BCUT2D eigenvalue weighted by atomic mass is 10.0. The number of benzene rings is 1. The summed E-state index contributed by atoms with van der Waals surface area (Å²) in [6, 6.07) is 3.86. The van der Waals surface area contributed by atoms with Crippen LogP contribution in [-0.4, -0.2) is 11.9 Å². The molecule has 17 heavy (non-hydrogen) atoms. The first-order valence-electron chi connectivity index (χ1n) is 5.28. The van der Waals surface area contributed by atoms with E-state index in [1.807, 2.05) is 13.0 Å². The molecule has 3 heteroatoms. The first kappa shape index (κ1) is 11.6. The van der Waals surface area contributed by atoms with Crippen molar-refractivity contribution in [2.75, 3.05) is 7.05 Å². The molecule has 0 bridgehead atoms. The average Bonchev–Trinajstić information content (AvgIpc) is 2.29. The Hall–Kier alpha value is -1.90. The van der Waals surface area contributed by atoms with Gasteiger partial charge in [0, 0.05) is 12.7 Å². The van der Waals surface area contributed by atoms with Gasteiger partial charge in [-0.15, -0.1) is 0 Å². The van der Waals surface area contributed by atoms with Gasteiger partial charge in [-0.3, -0.25) is 0 Å². The Balaban J connectivity index is 2.58. The maximum atomic E-state index is 13.7. The van der Waals surface area contributed by atoms with Gasteiger partial charge in [0.05, 0.1) is 11.3 Å². The Morgan fingerprint density at radius 3 is 2.29 bits per heavy atom. The molecule has 0 saturated carbocycles. The highest BCUT2D eigenvalue weighted by atomic mass is 19.1. The number of halogens is 2. The molecular weight excluding hydrogens is 220 g/mol. The lowest BCUT2D eigenvalue weighted by molar-refractivity contribution is 0.547. The third kappa shape index (κ3) is 1.88. The predicted octanol–water partition coefficient (Wildman–Crippen LogP) is 3.71. The molecule has 0 aromatic heterocycles. The van der Waals surface area contributed by atoms with Gasteiger partial charge in [-0.05, 0) is 30.7 Å². The van der Waals surface area contributed by atoms with Crippen LogP contribution in [0.2, 0.25) is 0 Å². The summed E-state index contributed by atoms with van der Waals surface area (Å²) in [6.07, 6.45) is 3.51. The van der Waals surface area contributed by atoms with Gasteiger partial charge < -0.3 is 4.90 Å². The number of nitrogens with zero attached hydrogens (tertiary/aromatic N) is 1. The predicted molar refractivity (Wildman–Crippen MR) is 65.0 cm³/mol. The molecular formula is C14H13F2N. The Labute approximate surface area is 99.4 Å². The van der Waals surface area contributed by atoms with E-state index in [1.54, 1.807) is 18.0 Å². The highest BCUT2D eigenvalue weighted by molar-refractivity contribution is 5.71. The molecule has 0 unspecified atom stereocenters. The topological polar surface area (TPSA) is 3.24 Å². The zero-order valence-corrected chi connectivity index (χ0v) is 9.80. The van der Waals surface area contributed by atoms with Gasteiger partial charge >= 0.3 is 0 Å². The maximum absolute atomic E-state index is 13.7. The lowest BCUT2D eigenvalue weighted by Gasteiger charge is -2.28. The largest absolute Gasteiger partial charge is 0.344 e. The van der Waals surface area contributed by atoms with E-state index in [-0.39, 0.29) is 5.56 Å². The molecule has 2 rings (SSSR count). The standard InChI is InChI=1S/C14H13F2N/c1-9-7-8-13(17(3)10(9)2)14-11(15)5-4-6-12(14)16/h4-8H,2H2,1,3H3. The Bertz CT molecular complexity index is 521. The van der Waals surface area contributed by atoms with Gasteiger partial charge in [0.25, 0.3) is 0 Å². The fraction of sp³-hybridized carbons (Fsp3) is 0.143.